The molecule has 0 aromatic carbocycles. The standard InChI is InChI=1S/C23H42O5Si/c1-6-11-12-13-18(24)14-15-19-20(16-23(26)27-7-2)21(25)17-22(19)28-29(8-3,9-4)10-5/h14-15,18-20,22,24H,6-13,16-17H2,1-5H3/b15-14+/t18-,19+,20+,22+/m0/s1. The molecular formula is C23H42O5Si. The summed E-state index contributed by atoms with van der Waals surface area (Å²) in [6, 6.07) is 3.05. The van der Waals surface area contributed by atoms with Crippen molar-refractivity contribution in [2.45, 2.75) is 103 Å². The number of rotatable bonds is 14. The zero-order valence-corrected chi connectivity index (χ0v) is 20.1. The Bertz CT molecular complexity index is 521. The first-order chi connectivity index (χ1) is 13.9. The third kappa shape index (κ3) is 7.98. The Morgan fingerprint density at radius 1 is 1.17 bits per heavy atom. The van der Waals surface area contributed by atoms with Gasteiger partial charge in [-0.05, 0) is 31.5 Å². The van der Waals surface area contributed by atoms with Crippen LogP contribution in [0.25, 0.3) is 0 Å². The maximum absolute atomic E-state index is 12.8. The molecule has 0 amide bonds. The van der Waals surface area contributed by atoms with Gasteiger partial charge in [-0.25, -0.2) is 0 Å². The molecule has 0 unspecified atom stereocenters. The highest BCUT2D eigenvalue weighted by Crippen LogP contribution is 2.38. The summed E-state index contributed by atoms with van der Waals surface area (Å²) >= 11 is 0. The number of aliphatic hydroxyl groups excluding tert-OH is 1. The van der Waals surface area contributed by atoms with Crippen molar-refractivity contribution in [2.75, 3.05) is 6.61 Å². The molecule has 1 aliphatic rings. The molecule has 168 valence electrons. The van der Waals surface area contributed by atoms with Crippen LogP contribution < -0.4 is 0 Å². The van der Waals surface area contributed by atoms with E-state index in [0.29, 0.717) is 13.0 Å². The van der Waals surface area contributed by atoms with E-state index in [1.165, 1.54) is 0 Å². The number of ketones is 1. The number of hydrogen-bond acceptors (Lipinski definition) is 5. The topological polar surface area (TPSA) is 72.8 Å². The van der Waals surface area contributed by atoms with Gasteiger partial charge < -0.3 is 14.3 Å². The van der Waals surface area contributed by atoms with Gasteiger partial charge in [0.15, 0.2) is 8.32 Å². The molecule has 0 aliphatic heterocycles. The molecule has 0 heterocycles. The molecule has 1 aliphatic carbocycles. The molecule has 1 N–H and O–H groups in total. The molecule has 0 aromatic heterocycles. The van der Waals surface area contributed by atoms with Crippen LogP contribution in [0.2, 0.25) is 18.1 Å². The molecular weight excluding hydrogens is 384 g/mol. The van der Waals surface area contributed by atoms with Gasteiger partial charge in [0.2, 0.25) is 0 Å². The predicted molar refractivity (Wildman–Crippen MR) is 119 cm³/mol. The normalized spacial score (nSPS) is 23.7. The summed E-state index contributed by atoms with van der Waals surface area (Å²) in [6.07, 6.45) is 7.37. The van der Waals surface area contributed by atoms with E-state index in [1.807, 2.05) is 6.08 Å². The molecule has 0 bridgehead atoms. The monoisotopic (exact) mass is 426 g/mol. The SMILES string of the molecule is CCCCC[C@H](O)/C=C/[C@H]1[C@H](O[Si](CC)(CC)CC)CC(=O)[C@@H]1CC(=O)OCC. The minimum atomic E-state index is -1.89. The summed E-state index contributed by atoms with van der Waals surface area (Å²) in [4.78, 5) is 24.9. The van der Waals surface area contributed by atoms with Gasteiger partial charge in [-0.1, -0.05) is 59.1 Å². The van der Waals surface area contributed by atoms with Crippen molar-refractivity contribution in [3.05, 3.63) is 12.2 Å². The van der Waals surface area contributed by atoms with Crippen LogP contribution in [0.3, 0.4) is 0 Å². The number of carbonyl (C=O) groups excluding carboxylic acids is 2. The summed E-state index contributed by atoms with van der Waals surface area (Å²) < 4.78 is 11.8. The highest BCUT2D eigenvalue weighted by Gasteiger charge is 2.46. The van der Waals surface area contributed by atoms with Gasteiger partial charge in [0.25, 0.3) is 0 Å². The third-order valence-electron chi connectivity index (χ3n) is 6.40. The first kappa shape index (κ1) is 26.1. The Kier molecular flexibility index (Phi) is 12.0. The summed E-state index contributed by atoms with van der Waals surface area (Å²) in [5, 5.41) is 10.3. The summed E-state index contributed by atoms with van der Waals surface area (Å²) in [5.74, 6) is -0.859. The summed E-state index contributed by atoms with van der Waals surface area (Å²) in [6.45, 7) is 10.7. The van der Waals surface area contributed by atoms with Crippen molar-refractivity contribution in [3.63, 3.8) is 0 Å². The van der Waals surface area contributed by atoms with E-state index in [-0.39, 0.29) is 30.2 Å². The van der Waals surface area contributed by atoms with Crippen LogP contribution in [0.5, 0.6) is 0 Å². The molecule has 5 nitrogen and oxygen atoms in total. The van der Waals surface area contributed by atoms with Gasteiger partial charge in [0, 0.05) is 18.3 Å². The summed E-state index contributed by atoms with van der Waals surface area (Å²) in [5.41, 5.74) is 0. The van der Waals surface area contributed by atoms with E-state index < -0.39 is 20.3 Å². The lowest BCUT2D eigenvalue weighted by atomic mass is 9.90. The number of ether oxygens (including phenoxy) is 1. The second-order valence-electron chi connectivity index (χ2n) is 8.21. The van der Waals surface area contributed by atoms with Crippen molar-refractivity contribution in [3.8, 4) is 0 Å². The smallest absolute Gasteiger partial charge is 0.306 e. The molecule has 1 saturated carbocycles. The zero-order valence-electron chi connectivity index (χ0n) is 19.1. The Labute approximate surface area is 178 Å². The number of esters is 1. The Balaban J connectivity index is 3.00. The number of carbonyl (C=O) groups is 2. The van der Waals surface area contributed by atoms with Gasteiger partial charge in [-0.15, -0.1) is 0 Å². The average molecular weight is 427 g/mol. The van der Waals surface area contributed by atoms with Crippen molar-refractivity contribution in [2.24, 2.45) is 11.8 Å². The first-order valence-electron chi connectivity index (χ1n) is 11.6. The quantitative estimate of drug-likeness (QED) is 0.182. The minimum absolute atomic E-state index is 0.0735. The highest BCUT2D eigenvalue weighted by molar-refractivity contribution is 6.73. The largest absolute Gasteiger partial charge is 0.466 e. The minimum Gasteiger partial charge on any atom is -0.466 e. The zero-order chi connectivity index (χ0) is 21.9. The number of hydrogen-bond donors (Lipinski definition) is 1. The molecule has 29 heavy (non-hydrogen) atoms. The average Bonchev–Trinajstić information content (AvgIpc) is 2.99. The highest BCUT2D eigenvalue weighted by atomic mass is 28.4. The molecule has 0 radical (unpaired) electrons. The van der Waals surface area contributed by atoms with E-state index in [1.54, 1.807) is 13.0 Å². The Morgan fingerprint density at radius 2 is 1.83 bits per heavy atom. The van der Waals surface area contributed by atoms with Gasteiger partial charge in [-0.3, -0.25) is 9.59 Å². The second kappa shape index (κ2) is 13.3. The van der Waals surface area contributed by atoms with Crippen molar-refractivity contribution >= 4 is 20.1 Å². The first-order valence-corrected chi connectivity index (χ1v) is 14.1. The molecule has 4 atom stereocenters. The molecule has 0 saturated heterocycles. The van der Waals surface area contributed by atoms with E-state index in [2.05, 4.69) is 27.7 Å². The van der Waals surface area contributed by atoms with Gasteiger partial charge >= 0.3 is 5.97 Å². The van der Waals surface area contributed by atoms with Crippen molar-refractivity contribution in [1.82, 2.24) is 0 Å². The van der Waals surface area contributed by atoms with Crippen LogP contribution in [0, 0.1) is 11.8 Å². The van der Waals surface area contributed by atoms with Crippen molar-refractivity contribution < 1.29 is 23.9 Å². The number of Topliss-reactive ketones (excluding diaryl/α,β-unsaturated/α-hetero) is 1. The van der Waals surface area contributed by atoms with Crippen molar-refractivity contribution in [1.29, 1.82) is 0 Å². The molecule has 0 spiro atoms. The summed E-state index contributed by atoms with van der Waals surface area (Å²) in [7, 11) is -1.89. The Hall–Kier alpha value is -0.983. The lowest BCUT2D eigenvalue weighted by Crippen LogP contribution is -2.41. The van der Waals surface area contributed by atoms with Crippen LogP contribution in [-0.2, 0) is 18.8 Å². The van der Waals surface area contributed by atoms with Crippen LogP contribution in [0.1, 0.15) is 73.1 Å². The van der Waals surface area contributed by atoms with E-state index in [4.69, 9.17) is 9.16 Å². The van der Waals surface area contributed by atoms with Crippen LogP contribution in [0.4, 0.5) is 0 Å². The van der Waals surface area contributed by atoms with E-state index >= 15 is 0 Å². The lowest BCUT2D eigenvalue weighted by Gasteiger charge is -2.34. The van der Waals surface area contributed by atoms with Gasteiger partial charge in [-0.2, -0.15) is 0 Å². The maximum atomic E-state index is 12.8. The van der Waals surface area contributed by atoms with E-state index in [9.17, 15) is 14.7 Å². The van der Waals surface area contributed by atoms with Crippen LogP contribution in [0.15, 0.2) is 12.2 Å². The maximum Gasteiger partial charge on any atom is 0.306 e. The van der Waals surface area contributed by atoms with E-state index in [0.717, 1.165) is 43.8 Å². The lowest BCUT2D eigenvalue weighted by molar-refractivity contribution is -0.146. The third-order valence-corrected chi connectivity index (χ3v) is 11.1. The Morgan fingerprint density at radius 3 is 2.38 bits per heavy atom. The second-order valence-corrected chi connectivity index (χ2v) is 12.9. The number of unbranched alkanes of at least 4 members (excludes halogenated alkanes) is 2. The fraction of sp³-hybridized carbons (Fsp3) is 0.826. The van der Waals surface area contributed by atoms with Crippen LogP contribution in [-0.4, -0.2) is 44.0 Å². The fourth-order valence-corrected chi connectivity index (χ4v) is 7.15. The van der Waals surface area contributed by atoms with Gasteiger partial charge in [0.1, 0.15) is 5.78 Å². The molecule has 1 rings (SSSR count). The predicted octanol–water partition coefficient (Wildman–Crippen LogP) is 5.03. The molecule has 6 heteroatoms. The molecule has 0 aromatic rings. The fourth-order valence-electron chi connectivity index (χ4n) is 4.26. The van der Waals surface area contributed by atoms with Gasteiger partial charge in [0.05, 0.1) is 25.2 Å². The molecule has 1 fully saturated rings. The van der Waals surface area contributed by atoms with Crippen LogP contribution >= 0.6 is 0 Å². The number of aliphatic hydroxyl groups is 1.